The summed E-state index contributed by atoms with van der Waals surface area (Å²) in [6.45, 7) is 1.57. The molecule has 0 bridgehead atoms. The molecule has 0 aromatic heterocycles. The summed E-state index contributed by atoms with van der Waals surface area (Å²) in [5, 5.41) is 0.794. The summed E-state index contributed by atoms with van der Waals surface area (Å²) in [5.74, 6) is 0.00198. The number of amides is 1. The van der Waals surface area contributed by atoms with E-state index in [0.29, 0.717) is 6.42 Å². The van der Waals surface area contributed by atoms with E-state index in [0.717, 1.165) is 0 Å². The number of hydrogen-bond donors (Lipinski definition) is 0. The molecule has 128 valence electrons. The second-order valence-corrected chi connectivity index (χ2v) is 8.91. The topological polar surface area (TPSA) is 63.7 Å². The summed E-state index contributed by atoms with van der Waals surface area (Å²) in [4.78, 5) is 13.8. The summed E-state index contributed by atoms with van der Waals surface area (Å²) in [5.41, 5.74) is 0. The Bertz CT molecular complexity index is 723. The predicted molar refractivity (Wildman–Crippen MR) is 91.4 cm³/mol. The van der Waals surface area contributed by atoms with Gasteiger partial charge in [-0.2, -0.15) is 0 Å². The van der Waals surface area contributed by atoms with E-state index in [-0.39, 0.29) is 44.3 Å². The van der Waals surface area contributed by atoms with Gasteiger partial charge < -0.3 is 9.64 Å². The zero-order valence-corrected chi connectivity index (χ0v) is 15.6. The molecule has 1 aliphatic rings. The molecule has 1 heterocycles. The molecule has 1 saturated heterocycles. The van der Waals surface area contributed by atoms with Gasteiger partial charge >= 0.3 is 0 Å². The van der Waals surface area contributed by atoms with Gasteiger partial charge in [-0.3, -0.25) is 4.79 Å². The van der Waals surface area contributed by atoms with Crippen LogP contribution in [0.1, 0.15) is 13.3 Å². The Hall–Kier alpha value is -0.690. The fourth-order valence-electron chi connectivity index (χ4n) is 2.38. The number of rotatable bonds is 4. The Morgan fingerprint density at radius 1 is 1.26 bits per heavy atom. The molecule has 0 N–H and O–H groups in total. The first-order chi connectivity index (χ1) is 10.6. The lowest BCUT2D eigenvalue weighted by molar-refractivity contribution is -0.138. The smallest absolute Gasteiger partial charge is 0.263 e. The highest BCUT2D eigenvalue weighted by Crippen LogP contribution is 2.34. The lowest BCUT2D eigenvalue weighted by Gasteiger charge is -2.27. The zero-order valence-electron chi connectivity index (χ0n) is 12.6. The van der Waals surface area contributed by atoms with E-state index in [4.69, 9.17) is 39.5 Å². The van der Waals surface area contributed by atoms with Gasteiger partial charge in [-0.1, -0.05) is 34.8 Å². The zero-order chi connectivity index (χ0) is 17.4. The Kier molecular flexibility index (Phi) is 5.72. The lowest BCUT2D eigenvalue weighted by atomic mass is 10.2. The van der Waals surface area contributed by atoms with Crippen LogP contribution in [0.3, 0.4) is 0 Å². The molecule has 1 aliphatic heterocycles. The molecule has 1 aromatic carbocycles. The number of benzene rings is 1. The standard InChI is InChI=1S/C14H16Cl3NO4S/c1-8(22-13-6-11(16)10(15)5-12(13)17)14(19)18(2)9-3-4-23(20,21)7-9/h5-6,8-9H,3-4,7H2,1-2H3. The van der Waals surface area contributed by atoms with E-state index in [9.17, 15) is 13.2 Å². The molecule has 0 spiro atoms. The van der Waals surface area contributed by atoms with Crippen molar-refractivity contribution in [3.05, 3.63) is 27.2 Å². The summed E-state index contributed by atoms with van der Waals surface area (Å²) in [7, 11) is -1.49. The van der Waals surface area contributed by atoms with Crippen LogP contribution in [0.4, 0.5) is 0 Å². The number of sulfone groups is 1. The number of carbonyl (C=O) groups is 1. The van der Waals surface area contributed by atoms with E-state index >= 15 is 0 Å². The van der Waals surface area contributed by atoms with Gasteiger partial charge in [0.05, 0.1) is 26.6 Å². The lowest BCUT2D eigenvalue weighted by Crippen LogP contribution is -2.44. The first-order valence-corrected chi connectivity index (χ1v) is 9.84. The van der Waals surface area contributed by atoms with E-state index in [1.54, 1.807) is 14.0 Å². The van der Waals surface area contributed by atoms with Crippen LogP contribution in [-0.2, 0) is 14.6 Å². The summed E-state index contributed by atoms with van der Waals surface area (Å²) < 4.78 is 28.6. The van der Waals surface area contributed by atoms with Crippen LogP contribution in [0.25, 0.3) is 0 Å². The predicted octanol–water partition coefficient (Wildman–Crippen LogP) is 3.06. The van der Waals surface area contributed by atoms with Gasteiger partial charge in [-0.05, 0) is 19.4 Å². The van der Waals surface area contributed by atoms with Crippen LogP contribution in [0.5, 0.6) is 5.75 Å². The fraction of sp³-hybridized carbons (Fsp3) is 0.500. The Labute approximate surface area is 150 Å². The third-order valence-electron chi connectivity index (χ3n) is 3.73. The number of ether oxygens (including phenoxy) is 1. The molecule has 0 radical (unpaired) electrons. The second kappa shape index (κ2) is 7.05. The van der Waals surface area contributed by atoms with Gasteiger partial charge in [-0.25, -0.2) is 8.42 Å². The maximum absolute atomic E-state index is 12.4. The van der Waals surface area contributed by atoms with Crippen molar-refractivity contribution in [3.63, 3.8) is 0 Å². The third-order valence-corrected chi connectivity index (χ3v) is 6.50. The van der Waals surface area contributed by atoms with Crippen molar-refractivity contribution in [1.29, 1.82) is 0 Å². The minimum atomic E-state index is -3.06. The van der Waals surface area contributed by atoms with Crippen molar-refractivity contribution < 1.29 is 17.9 Å². The molecule has 5 nitrogen and oxygen atoms in total. The van der Waals surface area contributed by atoms with E-state index in [1.165, 1.54) is 17.0 Å². The average molecular weight is 401 g/mol. The molecular formula is C14H16Cl3NO4S. The molecule has 2 atom stereocenters. The van der Waals surface area contributed by atoms with Crippen molar-refractivity contribution in [3.8, 4) is 5.75 Å². The first kappa shape index (κ1) is 18.6. The Morgan fingerprint density at radius 3 is 2.43 bits per heavy atom. The van der Waals surface area contributed by atoms with Crippen LogP contribution < -0.4 is 4.74 Å². The summed E-state index contributed by atoms with van der Waals surface area (Å²) in [6, 6.07) is 2.55. The van der Waals surface area contributed by atoms with Crippen LogP contribution in [0.2, 0.25) is 15.1 Å². The molecule has 1 fully saturated rings. The Morgan fingerprint density at radius 2 is 1.87 bits per heavy atom. The molecule has 1 aromatic rings. The maximum atomic E-state index is 12.4. The second-order valence-electron chi connectivity index (χ2n) is 5.46. The highest BCUT2D eigenvalue weighted by atomic mass is 35.5. The number of hydrogen-bond acceptors (Lipinski definition) is 4. The first-order valence-electron chi connectivity index (χ1n) is 6.89. The summed E-state index contributed by atoms with van der Waals surface area (Å²) in [6.07, 6.45) is -0.400. The third kappa shape index (κ3) is 4.44. The molecule has 1 amide bonds. The van der Waals surface area contributed by atoms with Gasteiger partial charge in [0.1, 0.15) is 5.75 Å². The van der Waals surface area contributed by atoms with Crippen LogP contribution in [-0.4, -0.2) is 49.9 Å². The van der Waals surface area contributed by atoms with Gasteiger partial charge in [0, 0.05) is 19.2 Å². The maximum Gasteiger partial charge on any atom is 0.263 e. The summed E-state index contributed by atoms with van der Waals surface area (Å²) >= 11 is 17.8. The van der Waals surface area contributed by atoms with Crippen molar-refractivity contribution in [1.82, 2.24) is 4.90 Å². The van der Waals surface area contributed by atoms with E-state index in [1.807, 2.05) is 0 Å². The van der Waals surface area contributed by atoms with Crippen LogP contribution in [0.15, 0.2) is 12.1 Å². The molecule has 0 saturated carbocycles. The largest absolute Gasteiger partial charge is 0.479 e. The van der Waals surface area contributed by atoms with E-state index in [2.05, 4.69) is 0 Å². The molecule has 23 heavy (non-hydrogen) atoms. The Balaban J connectivity index is 2.07. The molecule has 0 aliphatic carbocycles. The average Bonchev–Trinajstić information content (AvgIpc) is 2.83. The van der Waals surface area contributed by atoms with E-state index < -0.39 is 15.9 Å². The van der Waals surface area contributed by atoms with Crippen molar-refractivity contribution in [2.45, 2.75) is 25.5 Å². The quantitative estimate of drug-likeness (QED) is 0.729. The number of carbonyl (C=O) groups excluding carboxylic acids is 1. The minimum Gasteiger partial charge on any atom is -0.479 e. The number of likely N-dealkylation sites (N-methyl/N-ethyl adjacent to an activating group) is 1. The van der Waals surface area contributed by atoms with Crippen molar-refractivity contribution >= 4 is 50.5 Å². The molecular weight excluding hydrogens is 385 g/mol. The van der Waals surface area contributed by atoms with Crippen LogP contribution >= 0.6 is 34.8 Å². The van der Waals surface area contributed by atoms with Gasteiger partial charge in [0.25, 0.3) is 5.91 Å². The minimum absolute atomic E-state index is 0.0184. The van der Waals surface area contributed by atoms with Gasteiger partial charge in [0.15, 0.2) is 15.9 Å². The van der Waals surface area contributed by atoms with Crippen LogP contribution in [0, 0.1) is 0 Å². The number of halogens is 3. The number of nitrogens with zero attached hydrogens (tertiary/aromatic N) is 1. The monoisotopic (exact) mass is 399 g/mol. The molecule has 9 heteroatoms. The SMILES string of the molecule is CC(Oc1cc(Cl)c(Cl)cc1Cl)C(=O)N(C)C1CCS(=O)(=O)C1. The normalized spacial score (nSPS) is 21.0. The van der Waals surface area contributed by atoms with Gasteiger partial charge in [0.2, 0.25) is 0 Å². The fourth-order valence-corrected chi connectivity index (χ4v) is 4.74. The highest BCUT2D eigenvalue weighted by Gasteiger charge is 2.34. The van der Waals surface area contributed by atoms with Crippen molar-refractivity contribution in [2.24, 2.45) is 0 Å². The molecule has 2 rings (SSSR count). The molecule has 2 unspecified atom stereocenters. The highest BCUT2D eigenvalue weighted by molar-refractivity contribution is 7.91. The van der Waals surface area contributed by atoms with Crippen molar-refractivity contribution in [2.75, 3.05) is 18.6 Å². The van der Waals surface area contributed by atoms with Gasteiger partial charge in [-0.15, -0.1) is 0 Å².